The van der Waals surface area contributed by atoms with Crippen LogP contribution >= 0.6 is 39.1 Å². The third-order valence-corrected chi connectivity index (χ3v) is 6.39. The van der Waals surface area contributed by atoms with Crippen LogP contribution in [0.25, 0.3) is 0 Å². The molecule has 1 N–H and O–H groups in total. The molecule has 1 aromatic rings. The Morgan fingerprint density at radius 2 is 2.05 bits per heavy atom. The van der Waals surface area contributed by atoms with Gasteiger partial charge in [-0.3, -0.25) is 4.79 Å². The van der Waals surface area contributed by atoms with Crippen molar-refractivity contribution in [1.29, 1.82) is 0 Å². The summed E-state index contributed by atoms with van der Waals surface area (Å²) in [6.45, 7) is 0. The lowest BCUT2D eigenvalue weighted by Gasteiger charge is -2.14. The lowest BCUT2D eigenvalue weighted by atomic mass is 10.2. The van der Waals surface area contributed by atoms with Crippen LogP contribution in [0.4, 0.5) is 0 Å². The van der Waals surface area contributed by atoms with Crippen molar-refractivity contribution in [2.45, 2.75) is 11.4 Å². The number of halogens is 3. The molecule has 0 bridgehead atoms. The first-order valence-electron chi connectivity index (χ1n) is 5.39. The fraction of sp³-hybridized carbons (Fsp3) is 0.364. The van der Waals surface area contributed by atoms with Crippen molar-refractivity contribution >= 4 is 54.9 Å². The van der Waals surface area contributed by atoms with Gasteiger partial charge in [0, 0.05) is 10.0 Å². The molecule has 0 aliphatic carbocycles. The lowest BCUT2D eigenvalue weighted by Crippen LogP contribution is -2.40. The van der Waals surface area contributed by atoms with Gasteiger partial charge in [0.1, 0.15) is 0 Å². The Morgan fingerprint density at radius 3 is 2.58 bits per heavy atom. The van der Waals surface area contributed by atoms with E-state index in [1.54, 1.807) is 12.1 Å². The van der Waals surface area contributed by atoms with Crippen molar-refractivity contribution in [1.82, 2.24) is 5.32 Å². The molecule has 1 aliphatic heterocycles. The molecule has 2 rings (SSSR count). The summed E-state index contributed by atoms with van der Waals surface area (Å²) >= 11 is 15.1. The number of carbonyl (C=O) groups is 1. The number of carbonyl (C=O) groups excluding carboxylic acids is 1. The zero-order chi connectivity index (χ0) is 14.2. The Morgan fingerprint density at radius 1 is 1.37 bits per heavy atom. The Labute approximate surface area is 129 Å². The molecule has 8 heteroatoms. The van der Waals surface area contributed by atoms with E-state index in [0.29, 0.717) is 15.1 Å². The topological polar surface area (TPSA) is 63.2 Å². The smallest absolute Gasteiger partial charge is 0.251 e. The summed E-state index contributed by atoms with van der Waals surface area (Å²) in [5, 5.41) is 2.44. The molecule has 0 saturated carbocycles. The summed E-state index contributed by atoms with van der Waals surface area (Å²) in [7, 11) is -3.17. The largest absolute Gasteiger partial charge is 0.347 e. The number of alkyl halides is 1. The molecule has 19 heavy (non-hydrogen) atoms. The first kappa shape index (κ1) is 15.1. The highest BCUT2D eigenvalue weighted by molar-refractivity contribution is 9.10. The van der Waals surface area contributed by atoms with Crippen LogP contribution in [-0.2, 0) is 9.84 Å². The van der Waals surface area contributed by atoms with Gasteiger partial charge in [-0.1, -0.05) is 11.6 Å². The third kappa shape index (κ3) is 3.62. The highest BCUT2D eigenvalue weighted by Crippen LogP contribution is 2.24. The molecular formula is C11H10BrCl2NO3S. The van der Waals surface area contributed by atoms with E-state index < -0.39 is 21.3 Å². The second kappa shape index (κ2) is 5.60. The minimum atomic E-state index is -3.17. The summed E-state index contributed by atoms with van der Waals surface area (Å²) in [6, 6.07) is 4.19. The molecule has 2 atom stereocenters. The van der Waals surface area contributed by atoms with Gasteiger partial charge in [-0.2, -0.15) is 0 Å². The van der Waals surface area contributed by atoms with Crippen LogP contribution < -0.4 is 5.32 Å². The molecule has 4 nitrogen and oxygen atoms in total. The fourth-order valence-electron chi connectivity index (χ4n) is 1.83. The van der Waals surface area contributed by atoms with Crippen LogP contribution in [-0.4, -0.2) is 37.2 Å². The maximum absolute atomic E-state index is 12.0. The van der Waals surface area contributed by atoms with Crippen LogP contribution in [0, 0.1) is 0 Å². The van der Waals surface area contributed by atoms with E-state index in [-0.39, 0.29) is 17.4 Å². The monoisotopic (exact) mass is 385 g/mol. The summed E-state index contributed by atoms with van der Waals surface area (Å²) in [5.41, 5.74) is 0.362. The maximum Gasteiger partial charge on any atom is 0.251 e. The van der Waals surface area contributed by atoms with E-state index in [1.165, 1.54) is 6.07 Å². The number of hydrogen-bond acceptors (Lipinski definition) is 3. The van der Waals surface area contributed by atoms with Crippen molar-refractivity contribution in [2.24, 2.45) is 0 Å². The Bertz CT molecular complexity index is 620. The van der Waals surface area contributed by atoms with Crippen molar-refractivity contribution in [3.05, 3.63) is 33.3 Å². The molecule has 1 fully saturated rings. The molecule has 0 spiro atoms. The van der Waals surface area contributed by atoms with Gasteiger partial charge in [-0.25, -0.2) is 8.42 Å². The Hall–Kier alpha value is -0.300. The molecule has 1 heterocycles. The summed E-state index contributed by atoms with van der Waals surface area (Å²) in [5.74, 6) is -0.625. The van der Waals surface area contributed by atoms with Gasteiger partial charge in [0.25, 0.3) is 5.91 Å². The number of hydrogen-bond donors (Lipinski definition) is 1. The van der Waals surface area contributed by atoms with Crippen LogP contribution in [0.3, 0.4) is 0 Å². The first-order chi connectivity index (χ1) is 8.78. The zero-order valence-electron chi connectivity index (χ0n) is 9.57. The lowest BCUT2D eigenvalue weighted by molar-refractivity contribution is 0.0941. The normalized spacial score (nSPS) is 25.2. The number of benzene rings is 1. The third-order valence-electron chi connectivity index (χ3n) is 2.78. The van der Waals surface area contributed by atoms with Crippen LogP contribution in [0.2, 0.25) is 5.02 Å². The number of sulfone groups is 1. The Balaban J connectivity index is 2.11. The van der Waals surface area contributed by atoms with E-state index in [1.807, 2.05) is 0 Å². The second-order valence-electron chi connectivity index (χ2n) is 4.30. The second-order valence-corrected chi connectivity index (χ2v) is 8.28. The molecule has 0 radical (unpaired) electrons. The van der Waals surface area contributed by atoms with E-state index in [2.05, 4.69) is 21.2 Å². The van der Waals surface area contributed by atoms with E-state index >= 15 is 0 Å². The quantitative estimate of drug-likeness (QED) is 0.792. The van der Waals surface area contributed by atoms with Gasteiger partial charge in [0.05, 0.1) is 27.9 Å². The molecule has 1 saturated heterocycles. The molecule has 104 valence electrons. The minimum absolute atomic E-state index is 0.111. The highest BCUT2D eigenvalue weighted by Gasteiger charge is 2.37. The van der Waals surface area contributed by atoms with Gasteiger partial charge < -0.3 is 5.32 Å². The maximum atomic E-state index is 12.0. The molecule has 0 aromatic heterocycles. The van der Waals surface area contributed by atoms with Crippen molar-refractivity contribution < 1.29 is 13.2 Å². The van der Waals surface area contributed by atoms with Crippen LogP contribution in [0.1, 0.15) is 10.4 Å². The standard InChI is InChI=1S/C11H10BrCl2NO3S/c12-7-2-1-6(3-8(7)13)11(16)15-10-5-19(17,18)4-9(10)14/h1-3,9-10H,4-5H2,(H,15,16). The van der Waals surface area contributed by atoms with E-state index in [4.69, 9.17) is 23.2 Å². The number of nitrogens with one attached hydrogen (secondary N) is 1. The highest BCUT2D eigenvalue weighted by atomic mass is 79.9. The fourth-order valence-corrected chi connectivity index (χ4v) is 4.80. The zero-order valence-corrected chi connectivity index (χ0v) is 13.5. The average molecular weight is 387 g/mol. The van der Waals surface area contributed by atoms with Crippen molar-refractivity contribution in [2.75, 3.05) is 11.5 Å². The summed E-state index contributed by atoms with van der Waals surface area (Å²) in [4.78, 5) is 12.0. The summed E-state index contributed by atoms with van der Waals surface area (Å²) in [6.07, 6.45) is 0. The van der Waals surface area contributed by atoms with Gasteiger partial charge >= 0.3 is 0 Å². The summed E-state index contributed by atoms with van der Waals surface area (Å²) < 4.78 is 23.5. The van der Waals surface area contributed by atoms with Gasteiger partial charge in [-0.15, -0.1) is 11.6 Å². The van der Waals surface area contributed by atoms with Gasteiger partial charge in [0.2, 0.25) is 0 Å². The van der Waals surface area contributed by atoms with Crippen LogP contribution in [0.5, 0.6) is 0 Å². The molecular weight excluding hydrogens is 377 g/mol. The van der Waals surface area contributed by atoms with Crippen LogP contribution in [0.15, 0.2) is 22.7 Å². The Kier molecular flexibility index (Phi) is 4.45. The van der Waals surface area contributed by atoms with E-state index in [9.17, 15) is 13.2 Å². The SMILES string of the molecule is O=C(NC1CS(=O)(=O)CC1Cl)c1ccc(Br)c(Cl)c1. The molecule has 2 unspecified atom stereocenters. The predicted octanol–water partition coefficient (Wildman–Crippen LogP) is 2.24. The number of amides is 1. The molecule has 1 aliphatic rings. The van der Waals surface area contributed by atoms with E-state index in [0.717, 1.165) is 0 Å². The van der Waals surface area contributed by atoms with Gasteiger partial charge in [0.15, 0.2) is 9.84 Å². The average Bonchev–Trinajstić information content (AvgIpc) is 2.55. The molecule has 1 aromatic carbocycles. The number of rotatable bonds is 2. The van der Waals surface area contributed by atoms with Crippen molar-refractivity contribution in [3.63, 3.8) is 0 Å². The molecule has 1 amide bonds. The van der Waals surface area contributed by atoms with Gasteiger partial charge in [-0.05, 0) is 34.1 Å². The predicted molar refractivity (Wildman–Crippen MR) is 78.7 cm³/mol. The van der Waals surface area contributed by atoms with Crippen molar-refractivity contribution in [3.8, 4) is 0 Å². The minimum Gasteiger partial charge on any atom is -0.347 e. The first-order valence-corrected chi connectivity index (χ1v) is 8.82.